The molecular formula is C22H19ClN4OS2. The van der Waals surface area contributed by atoms with Crippen LogP contribution in [0.5, 0.6) is 0 Å². The topological polar surface area (TPSA) is 59.8 Å². The van der Waals surface area contributed by atoms with Gasteiger partial charge in [-0.2, -0.15) is 0 Å². The summed E-state index contributed by atoms with van der Waals surface area (Å²) < 4.78 is 2.05. The Morgan fingerprint density at radius 1 is 1.13 bits per heavy atom. The van der Waals surface area contributed by atoms with Crippen LogP contribution >= 0.6 is 34.7 Å². The van der Waals surface area contributed by atoms with E-state index >= 15 is 0 Å². The van der Waals surface area contributed by atoms with Crippen molar-refractivity contribution < 1.29 is 4.79 Å². The average Bonchev–Trinajstić information content (AvgIpc) is 3.39. The number of hydrogen-bond acceptors (Lipinski definition) is 5. The number of thioether (sulfide) groups is 1. The average molecular weight is 455 g/mol. The Morgan fingerprint density at radius 2 is 1.97 bits per heavy atom. The fourth-order valence-electron chi connectivity index (χ4n) is 2.93. The predicted octanol–water partition coefficient (Wildman–Crippen LogP) is 5.75. The lowest BCUT2D eigenvalue weighted by molar-refractivity contribution is -0.113. The molecule has 5 nitrogen and oxygen atoms in total. The van der Waals surface area contributed by atoms with Gasteiger partial charge in [0.15, 0.2) is 11.0 Å². The third-order valence-electron chi connectivity index (χ3n) is 4.37. The van der Waals surface area contributed by atoms with Crippen LogP contribution < -0.4 is 5.32 Å². The molecule has 8 heteroatoms. The summed E-state index contributed by atoms with van der Waals surface area (Å²) in [4.78, 5) is 13.5. The highest BCUT2D eigenvalue weighted by Gasteiger charge is 2.17. The van der Waals surface area contributed by atoms with Gasteiger partial charge in [-0.15, -0.1) is 21.5 Å². The van der Waals surface area contributed by atoms with Crippen molar-refractivity contribution in [3.63, 3.8) is 0 Å². The minimum atomic E-state index is -0.141. The first-order chi connectivity index (χ1) is 14.6. The van der Waals surface area contributed by atoms with Crippen LogP contribution in [-0.2, 0) is 11.3 Å². The van der Waals surface area contributed by atoms with Gasteiger partial charge in [0, 0.05) is 0 Å². The number of aryl methyl sites for hydroxylation is 1. The van der Waals surface area contributed by atoms with E-state index in [9.17, 15) is 4.79 Å². The summed E-state index contributed by atoms with van der Waals surface area (Å²) in [7, 11) is 0. The number of hydrogen-bond donors (Lipinski definition) is 1. The second kappa shape index (κ2) is 9.47. The molecule has 0 spiro atoms. The van der Waals surface area contributed by atoms with E-state index in [1.807, 2.05) is 60.8 Å². The first kappa shape index (κ1) is 20.7. The maximum absolute atomic E-state index is 12.5. The molecule has 2 aromatic heterocycles. The Labute approximate surface area is 188 Å². The van der Waals surface area contributed by atoms with E-state index < -0.39 is 0 Å². The van der Waals surface area contributed by atoms with E-state index in [4.69, 9.17) is 11.6 Å². The molecule has 0 saturated heterocycles. The molecule has 0 atom stereocenters. The summed E-state index contributed by atoms with van der Waals surface area (Å²) >= 11 is 9.20. The molecule has 0 unspecified atom stereocenters. The minimum absolute atomic E-state index is 0.141. The summed E-state index contributed by atoms with van der Waals surface area (Å²) in [5.74, 6) is 0.873. The largest absolute Gasteiger partial charge is 0.324 e. The summed E-state index contributed by atoms with van der Waals surface area (Å²) in [5.41, 5.74) is 2.80. The lowest BCUT2D eigenvalue weighted by atomic mass is 10.2. The smallest absolute Gasteiger partial charge is 0.234 e. The zero-order chi connectivity index (χ0) is 20.9. The van der Waals surface area contributed by atoms with Crippen LogP contribution in [0.15, 0.2) is 71.2 Å². The molecule has 0 saturated carbocycles. The van der Waals surface area contributed by atoms with E-state index in [1.54, 1.807) is 11.3 Å². The maximum Gasteiger partial charge on any atom is 0.234 e. The Bertz CT molecular complexity index is 1140. The lowest BCUT2D eigenvalue weighted by Gasteiger charge is -2.10. The second-order valence-electron chi connectivity index (χ2n) is 6.68. The highest BCUT2D eigenvalue weighted by Crippen LogP contribution is 2.28. The zero-order valence-corrected chi connectivity index (χ0v) is 18.6. The standard InChI is InChI=1S/C22H19ClN4OS2/c1-15-9-10-18(17(23)12-15)24-20(28)14-30-22-26-25-21(19-8-5-11-29-19)27(22)13-16-6-3-2-4-7-16/h2-12H,13-14H2,1H3,(H,24,28). The Hall–Kier alpha value is -2.61. The number of carbonyl (C=O) groups is 1. The van der Waals surface area contributed by atoms with E-state index in [-0.39, 0.29) is 11.7 Å². The zero-order valence-electron chi connectivity index (χ0n) is 16.2. The molecule has 4 rings (SSSR count). The molecule has 1 amide bonds. The van der Waals surface area contributed by atoms with Crippen molar-refractivity contribution in [1.29, 1.82) is 0 Å². The molecule has 30 heavy (non-hydrogen) atoms. The van der Waals surface area contributed by atoms with Crippen LogP contribution in [0.4, 0.5) is 5.69 Å². The van der Waals surface area contributed by atoms with Crippen molar-refractivity contribution in [2.45, 2.75) is 18.6 Å². The van der Waals surface area contributed by atoms with Gasteiger partial charge in [-0.3, -0.25) is 9.36 Å². The third-order valence-corrected chi connectivity index (χ3v) is 6.52. The van der Waals surface area contributed by atoms with Crippen LogP contribution in [0, 0.1) is 6.92 Å². The van der Waals surface area contributed by atoms with E-state index in [2.05, 4.69) is 32.2 Å². The monoisotopic (exact) mass is 454 g/mol. The van der Waals surface area contributed by atoms with E-state index in [0.29, 0.717) is 22.4 Å². The fraction of sp³-hybridized carbons (Fsp3) is 0.136. The van der Waals surface area contributed by atoms with Crippen LogP contribution in [-0.4, -0.2) is 26.4 Å². The quantitative estimate of drug-likeness (QED) is 0.361. The molecule has 0 aliphatic rings. The van der Waals surface area contributed by atoms with Crippen molar-refractivity contribution in [3.8, 4) is 10.7 Å². The highest BCUT2D eigenvalue weighted by atomic mass is 35.5. The predicted molar refractivity (Wildman–Crippen MR) is 124 cm³/mol. The Balaban J connectivity index is 1.51. The lowest BCUT2D eigenvalue weighted by Crippen LogP contribution is -2.15. The summed E-state index contributed by atoms with van der Waals surface area (Å²) in [6.45, 7) is 2.59. The number of halogens is 1. The van der Waals surface area contributed by atoms with Gasteiger partial charge in [-0.1, -0.05) is 65.8 Å². The van der Waals surface area contributed by atoms with Crippen molar-refractivity contribution in [1.82, 2.24) is 14.8 Å². The third kappa shape index (κ3) is 4.92. The summed E-state index contributed by atoms with van der Waals surface area (Å²) in [6.07, 6.45) is 0. The normalized spacial score (nSPS) is 10.9. The molecule has 0 fully saturated rings. The van der Waals surface area contributed by atoms with Gasteiger partial charge < -0.3 is 5.32 Å². The fourth-order valence-corrected chi connectivity index (χ4v) is 4.67. The SMILES string of the molecule is Cc1ccc(NC(=O)CSc2nnc(-c3cccs3)n2Cc2ccccc2)c(Cl)c1. The first-order valence-electron chi connectivity index (χ1n) is 9.30. The molecule has 0 bridgehead atoms. The molecule has 2 heterocycles. The number of nitrogens with one attached hydrogen (secondary N) is 1. The highest BCUT2D eigenvalue weighted by molar-refractivity contribution is 7.99. The van der Waals surface area contributed by atoms with Crippen molar-refractivity contribution in [3.05, 3.63) is 82.2 Å². The number of amides is 1. The number of nitrogens with zero attached hydrogens (tertiary/aromatic N) is 3. The van der Waals surface area contributed by atoms with Crippen molar-refractivity contribution in [2.75, 3.05) is 11.1 Å². The number of rotatable bonds is 7. The number of anilines is 1. The minimum Gasteiger partial charge on any atom is -0.324 e. The van der Waals surface area contributed by atoms with Gasteiger partial charge in [-0.05, 0) is 41.6 Å². The number of thiophene rings is 1. The van der Waals surface area contributed by atoms with E-state index in [0.717, 1.165) is 21.8 Å². The summed E-state index contributed by atoms with van der Waals surface area (Å²) in [5, 5.41) is 14.9. The van der Waals surface area contributed by atoms with Crippen molar-refractivity contribution in [2.24, 2.45) is 0 Å². The number of carbonyl (C=O) groups excluding carboxylic acids is 1. The molecule has 152 valence electrons. The van der Waals surface area contributed by atoms with Gasteiger partial charge in [0.25, 0.3) is 0 Å². The van der Waals surface area contributed by atoms with Gasteiger partial charge >= 0.3 is 0 Å². The van der Waals surface area contributed by atoms with Gasteiger partial charge in [-0.25, -0.2) is 0 Å². The van der Waals surface area contributed by atoms with Gasteiger partial charge in [0.1, 0.15) is 0 Å². The molecule has 0 aliphatic heterocycles. The number of aromatic nitrogens is 3. The second-order valence-corrected chi connectivity index (χ2v) is 8.97. The van der Waals surface area contributed by atoms with Crippen LogP contribution in [0.3, 0.4) is 0 Å². The van der Waals surface area contributed by atoms with E-state index in [1.165, 1.54) is 11.8 Å². The molecule has 4 aromatic rings. The summed E-state index contributed by atoms with van der Waals surface area (Å²) in [6, 6.07) is 19.7. The van der Waals surface area contributed by atoms with Gasteiger partial charge in [0.2, 0.25) is 5.91 Å². The number of benzene rings is 2. The first-order valence-corrected chi connectivity index (χ1v) is 11.5. The molecule has 0 aliphatic carbocycles. The molecular weight excluding hydrogens is 436 g/mol. The van der Waals surface area contributed by atoms with Crippen molar-refractivity contribution >= 4 is 46.3 Å². The maximum atomic E-state index is 12.5. The van der Waals surface area contributed by atoms with Gasteiger partial charge in [0.05, 0.1) is 27.9 Å². The van der Waals surface area contributed by atoms with Crippen LogP contribution in [0.25, 0.3) is 10.7 Å². The van der Waals surface area contributed by atoms with Crippen LogP contribution in [0.1, 0.15) is 11.1 Å². The molecule has 0 radical (unpaired) electrons. The Kier molecular flexibility index (Phi) is 6.52. The van der Waals surface area contributed by atoms with Crippen LogP contribution in [0.2, 0.25) is 5.02 Å². The molecule has 1 N–H and O–H groups in total. The molecule has 2 aromatic carbocycles. The Morgan fingerprint density at radius 3 is 2.70 bits per heavy atom.